The molecule has 0 aliphatic carbocycles. The number of piperidine rings is 1. The third kappa shape index (κ3) is 3.72. The number of esters is 1. The fourth-order valence-corrected chi connectivity index (χ4v) is 3.31. The Bertz CT molecular complexity index is 593. The second-order valence-corrected chi connectivity index (χ2v) is 6.33. The Morgan fingerprint density at radius 1 is 1.30 bits per heavy atom. The molecule has 0 amide bonds. The summed E-state index contributed by atoms with van der Waals surface area (Å²) in [6.07, 6.45) is -3.52. The molecule has 2 heterocycles. The quantitative estimate of drug-likeness (QED) is 0.849. The largest absolute Gasteiger partial charge is 0.490 e. The van der Waals surface area contributed by atoms with Gasteiger partial charge in [0.15, 0.2) is 5.72 Å². The molecule has 3 atom stereocenters. The van der Waals surface area contributed by atoms with Crippen LogP contribution in [0.5, 0.6) is 5.75 Å². The van der Waals surface area contributed by atoms with Gasteiger partial charge in [0.2, 0.25) is 0 Å². The Morgan fingerprint density at radius 3 is 2.65 bits per heavy atom. The second kappa shape index (κ2) is 5.87. The molecular formula is C15H15ClF3NO3. The first kappa shape index (κ1) is 16.4. The van der Waals surface area contributed by atoms with Crippen LogP contribution in [0.4, 0.5) is 13.2 Å². The van der Waals surface area contributed by atoms with Gasteiger partial charge >= 0.3 is 12.1 Å². The molecule has 0 spiro atoms. The number of rotatable bonds is 3. The third-order valence-electron chi connectivity index (χ3n) is 4.10. The van der Waals surface area contributed by atoms with Gasteiger partial charge in [-0.1, -0.05) is 11.6 Å². The number of hydrogen-bond donors (Lipinski definition) is 1. The van der Waals surface area contributed by atoms with Crippen LogP contribution in [0.25, 0.3) is 0 Å². The van der Waals surface area contributed by atoms with Crippen LogP contribution in [0.2, 0.25) is 5.02 Å². The minimum atomic E-state index is -5.00. The second-order valence-electron chi connectivity index (χ2n) is 5.90. The van der Waals surface area contributed by atoms with E-state index in [1.54, 1.807) is 24.3 Å². The van der Waals surface area contributed by atoms with Crippen LogP contribution in [-0.4, -0.2) is 30.0 Å². The van der Waals surface area contributed by atoms with E-state index in [1.807, 2.05) is 0 Å². The maximum absolute atomic E-state index is 12.5. The van der Waals surface area contributed by atoms with Crippen molar-refractivity contribution in [3.8, 4) is 5.75 Å². The number of carbonyl (C=O) groups is 1. The zero-order chi connectivity index (χ0) is 16.7. The number of carbonyl (C=O) groups excluding carboxylic acids is 1. The lowest BCUT2D eigenvalue weighted by atomic mass is 9.99. The number of nitrogens with one attached hydrogen (secondary N) is 1. The van der Waals surface area contributed by atoms with Crippen molar-refractivity contribution in [2.24, 2.45) is 0 Å². The van der Waals surface area contributed by atoms with Crippen molar-refractivity contribution in [1.29, 1.82) is 0 Å². The van der Waals surface area contributed by atoms with Crippen molar-refractivity contribution >= 4 is 17.6 Å². The maximum atomic E-state index is 12.5. The number of fused-ring (bicyclic) bond motifs is 2. The number of halogens is 4. The predicted molar refractivity (Wildman–Crippen MR) is 76.1 cm³/mol. The van der Waals surface area contributed by atoms with E-state index in [-0.39, 0.29) is 18.6 Å². The van der Waals surface area contributed by atoms with Crippen LogP contribution in [0.3, 0.4) is 0 Å². The molecule has 2 bridgehead atoms. The molecule has 4 nitrogen and oxygen atoms in total. The van der Waals surface area contributed by atoms with Crippen molar-refractivity contribution in [2.75, 3.05) is 0 Å². The lowest BCUT2D eigenvalue weighted by Gasteiger charge is -2.38. The van der Waals surface area contributed by atoms with E-state index < -0.39 is 17.9 Å². The summed E-state index contributed by atoms with van der Waals surface area (Å²) in [5.41, 5.74) is -1.30. The predicted octanol–water partition coefficient (Wildman–Crippen LogP) is 3.44. The summed E-state index contributed by atoms with van der Waals surface area (Å²) in [6, 6.07) is 6.71. The summed E-state index contributed by atoms with van der Waals surface area (Å²) in [5, 5.41) is 3.56. The number of alkyl halides is 3. The van der Waals surface area contributed by atoms with Gasteiger partial charge in [0.05, 0.1) is 0 Å². The van der Waals surface area contributed by atoms with Crippen molar-refractivity contribution in [3.05, 3.63) is 29.3 Å². The molecule has 0 saturated carbocycles. The molecule has 1 aromatic carbocycles. The monoisotopic (exact) mass is 349 g/mol. The van der Waals surface area contributed by atoms with E-state index >= 15 is 0 Å². The molecule has 2 fully saturated rings. The van der Waals surface area contributed by atoms with E-state index in [2.05, 4.69) is 5.32 Å². The highest BCUT2D eigenvalue weighted by atomic mass is 35.5. The zero-order valence-electron chi connectivity index (χ0n) is 12.0. The number of hydrogen-bond acceptors (Lipinski definition) is 4. The molecule has 1 aromatic rings. The summed E-state index contributed by atoms with van der Waals surface area (Å²) < 4.78 is 47.9. The van der Waals surface area contributed by atoms with Crippen LogP contribution >= 0.6 is 11.6 Å². The van der Waals surface area contributed by atoms with E-state index in [4.69, 9.17) is 21.1 Å². The SMILES string of the molecule is O=C(OC12CCC(CC(Oc3ccc(Cl)cc3)C1)N2)C(F)(F)F. The van der Waals surface area contributed by atoms with Gasteiger partial charge in [0, 0.05) is 23.9 Å². The van der Waals surface area contributed by atoms with Gasteiger partial charge < -0.3 is 9.47 Å². The highest BCUT2D eigenvalue weighted by molar-refractivity contribution is 6.30. The van der Waals surface area contributed by atoms with Crippen LogP contribution in [0.1, 0.15) is 25.7 Å². The standard InChI is InChI=1S/C15H15ClF3NO3/c16-9-1-3-11(4-2-9)22-12-7-10-5-6-14(8-12,20-10)23-13(21)15(17,18)19/h1-4,10,12,20H,5-8H2. The summed E-state index contributed by atoms with van der Waals surface area (Å²) in [6.45, 7) is 0. The average molecular weight is 350 g/mol. The molecule has 23 heavy (non-hydrogen) atoms. The minimum Gasteiger partial charge on any atom is -0.490 e. The van der Waals surface area contributed by atoms with E-state index in [1.165, 1.54) is 0 Å². The van der Waals surface area contributed by atoms with E-state index in [9.17, 15) is 18.0 Å². The maximum Gasteiger partial charge on any atom is 0.490 e. The summed E-state index contributed by atoms with van der Waals surface area (Å²) >= 11 is 5.80. The smallest absolute Gasteiger partial charge is 0.490 e. The number of ether oxygens (including phenoxy) is 2. The first-order chi connectivity index (χ1) is 10.8. The molecule has 126 valence electrons. The van der Waals surface area contributed by atoms with Crippen molar-refractivity contribution < 1.29 is 27.4 Å². The Hall–Kier alpha value is -1.47. The van der Waals surface area contributed by atoms with Crippen molar-refractivity contribution in [1.82, 2.24) is 5.32 Å². The Labute approximate surface area is 135 Å². The minimum absolute atomic E-state index is 0.0258. The van der Waals surface area contributed by atoms with Gasteiger partial charge in [-0.2, -0.15) is 13.2 Å². The number of benzene rings is 1. The summed E-state index contributed by atoms with van der Waals surface area (Å²) in [5.74, 6) is -1.59. The molecular weight excluding hydrogens is 335 g/mol. The zero-order valence-corrected chi connectivity index (χ0v) is 12.8. The summed E-state index contributed by atoms with van der Waals surface area (Å²) in [4.78, 5) is 11.2. The van der Waals surface area contributed by atoms with Crippen molar-refractivity contribution in [2.45, 2.75) is 49.7 Å². The van der Waals surface area contributed by atoms with Gasteiger partial charge in [-0.25, -0.2) is 4.79 Å². The fourth-order valence-electron chi connectivity index (χ4n) is 3.18. The van der Waals surface area contributed by atoms with Gasteiger partial charge in [0.25, 0.3) is 0 Å². The highest BCUT2D eigenvalue weighted by Gasteiger charge is 2.53. The molecule has 3 rings (SSSR count). The molecule has 2 aliphatic rings. The summed E-state index contributed by atoms with van der Waals surface area (Å²) in [7, 11) is 0. The first-order valence-electron chi connectivity index (χ1n) is 7.26. The Kier molecular flexibility index (Phi) is 4.18. The first-order valence-corrected chi connectivity index (χ1v) is 7.64. The normalized spacial score (nSPS) is 30.1. The molecule has 8 heteroatoms. The fraction of sp³-hybridized carbons (Fsp3) is 0.533. The highest BCUT2D eigenvalue weighted by Crippen LogP contribution is 2.39. The van der Waals surface area contributed by atoms with Crippen LogP contribution in [0, 0.1) is 0 Å². The average Bonchev–Trinajstić information content (AvgIpc) is 2.75. The lowest BCUT2D eigenvalue weighted by Crippen LogP contribution is -2.56. The molecule has 1 N–H and O–H groups in total. The molecule has 0 aromatic heterocycles. The van der Waals surface area contributed by atoms with Gasteiger partial charge in [-0.3, -0.25) is 5.32 Å². The van der Waals surface area contributed by atoms with Crippen LogP contribution in [0.15, 0.2) is 24.3 Å². The molecule has 2 aliphatic heterocycles. The van der Waals surface area contributed by atoms with Crippen LogP contribution < -0.4 is 10.1 Å². The van der Waals surface area contributed by atoms with E-state index in [0.29, 0.717) is 30.0 Å². The molecule has 0 radical (unpaired) electrons. The third-order valence-corrected chi connectivity index (χ3v) is 4.36. The van der Waals surface area contributed by atoms with Gasteiger partial charge in [0.1, 0.15) is 11.9 Å². The Balaban J connectivity index is 1.69. The molecule has 3 unspecified atom stereocenters. The van der Waals surface area contributed by atoms with Gasteiger partial charge in [-0.05, 0) is 37.1 Å². The van der Waals surface area contributed by atoms with E-state index in [0.717, 1.165) is 0 Å². The van der Waals surface area contributed by atoms with Crippen LogP contribution in [-0.2, 0) is 9.53 Å². The Morgan fingerprint density at radius 2 is 2.00 bits per heavy atom. The van der Waals surface area contributed by atoms with Gasteiger partial charge in [-0.15, -0.1) is 0 Å². The molecule has 2 saturated heterocycles. The van der Waals surface area contributed by atoms with Crippen molar-refractivity contribution in [3.63, 3.8) is 0 Å². The lowest BCUT2D eigenvalue weighted by molar-refractivity contribution is -0.219. The topological polar surface area (TPSA) is 47.6 Å².